The fourth-order valence-corrected chi connectivity index (χ4v) is 3.19. The van der Waals surface area contributed by atoms with Crippen molar-refractivity contribution in [3.8, 4) is 0 Å². The van der Waals surface area contributed by atoms with Crippen LogP contribution < -0.4 is 0 Å². The highest BCUT2D eigenvalue weighted by Crippen LogP contribution is 2.24. The average Bonchev–Trinajstić information content (AvgIpc) is 2.92. The van der Waals surface area contributed by atoms with E-state index in [0.29, 0.717) is 5.56 Å². The third-order valence-corrected chi connectivity index (χ3v) is 4.22. The van der Waals surface area contributed by atoms with Crippen molar-refractivity contribution in [1.82, 2.24) is 4.90 Å². The van der Waals surface area contributed by atoms with Gasteiger partial charge in [0.05, 0.1) is 17.7 Å². The molecular weight excluding hydrogens is 404 g/mol. The highest BCUT2D eigenvalue weighted by atomic mass is 32.2. The molecule has 0 radical (unpaired) electrons. The first kappa shape index (κ1) is 20.8. The Morgan fingerprint density at radius 3 is 2.56 bits per heavy atom. The van der Waals surface area contributed by atoms with Crippen LogP contribution in [0.3, 0.4) is 0 Å². The standard InChI is InChI=1S/C14H16N2O9S2/c1-27(21,22)25-11-6-12(24-14(18)26)15(7-11)13(17)23-8-9-2-4-10(5-3-9)16(19)20/h2-5,11-12H,6-8H2,1H3,(H,18,26)/t11-,12+/m1/s1. The van der Waals surface area contributed by atoms with Crippen molar-refractivity contribution >= 4 is 39.4 Å². The number of non-ortho nitro benzene ring substituents is 1. The first-order valence-electron chi connectivity index (χ1n) is 7.49. The topological polar surface area (TPSA) is 146 Å². The van der Waals surface area contributed by atoms with Crippen molar-refractivity contribution in [1.29, 1.82) is 0 Å². The molecule has 1 amide bonds. The molecule has 0 spiro atoms. The molecule has 27 heavy (non-hydrogen) atoms. The Bertz CT molecular complexity index is 825. The van der Waals surface area contributed by atoms with Crippen LogP contribution in [0.5, 0.6) is 0 Å². The molecule has 1 fully saturated rings. The minimum absolute atomic E-state index is 0.0413. The molecule has 2 atom stereocenters. The number of aliphatic hydroxyl groups is 1. The van der Waals surface area contributed by atoms with Crippen LogP contribution in [0.2, 0.25) is 0 Å². The van der Waals surface area contributed by atoms with Crippen LogP contribution in [0.1, 0.15) is 12.0 Å². The van der Waals surface area contributed by atoms with Crippen molar-refractivity contribution in [3.05, 3.63) is 39.9 Å². The van der Waals surface area contributed by atoms with Gasteiger partial charge in [0.25, 0.3) is 15.8 Å². The summed E-state index contributed by atoms with van der Waals surface area (Å²) in [7, 11) is -3.76. The smallest absolute Gasteiger partial charge is 0.413 e. The number of rotatable bonds is 6. The van der Waals surface area contributed by atoms with Gasteiger partial charge in [-0.05, 0) is 17.7 Å². The molecule has 1 heterocycles. The number of likely N-dealkylation sites (tertiary alicyclic amines) is 1. The summed E-state index contributed by atoms with van der Waals surface area (Å²) in [5.74, 6) is 0. The van der Waals surface area contributed by atoms with Gasteiger partial charge in [0, 0.05) is 30.8 Å². The van der Waals surface area contributed by atoms with E-state index in [2.05, 4.69) is 12.2 Å². The van der Waals surface area contributed by atoms with E-state index in [1.165, 1.54) is 24.3 Å². The lowest BCUT2D eigenvalue weighted by Gasteiger charge is -2.23. The predicted octanol–water partition coefficient (Wildman–Crippen LogP) is 1.47. The predicted molar refractivity (Wildman–Crippen MR) is 94.4 cm³/mol. The SMILES string of the molecule is CS(=O)(=O)O[C@@H]1C[C@H](OC(O)=S)N(C(=O)OCc2ccc([N+](=O)[O-])cc2)C1. The van der Waals surface area contributed by atoms with Crippen LogP contribution >= 0.6 is 12.2 Å². The van der Waals surface area contributed by atoms with Gasteiger partial charge in [-0.25, -0.2) is 4.79 Å². The summed E-state index contributed by atoms with van der Waals surface area (Å²) in [6.45, 7) is -0.333. The van der Waals surface area contributed by atoms with E-state index in [0.717, 1.165) is 11.2 Å². The van der Waals surface area contributed by atoms with E-state index in [4.69, 9.17) is 18.8 Å². The molecule has 13 heteroatoms. The average molecular weight is 420 g/mol. The number of thiocarbonyl (C=S) groups is 1. The van der Waals surface area contributed by atoms with Gasteiger partial charge < -0.3 is 14.6 Å². The summed E-state index contributed by atoms with van der Waals surface area (Å²) in [6, 6.07) is 5.40. The number of amides is 1. The van der Waals surface area contributed by atoms with Crippen LogP contribution in [0.15, 0.2) is 24.3 Å². The number of nitrogens with zero attached hydrogens (tertiary/aromatic N) is 2. The number of carbonyl (C=O) groups is 1. The number of benzene rings is 1. The van der Waals surface area contributed by atoms with Gasteiger partial charge in [0.1, 0.15) is 12.7 Å². The molecule has 1 aliphatic rings. The summed E-state index contributed by atoms with van der Waals surface area (Å²) in [6.07, 6.45) is -1.96. The molecule has 1 aliphatic heterocycles. The van der Waals surface area contributed by atoms with Gasteiger partial charge in [0.2, 0.25) is 0 Å². The maximum atomic E-state index is 12.3. The second-order valence-electron chi connectivity index (χ2n) is 5.63. The minimum atomic E-state index is -3.76. The number of ether oxygens (including phenoxy) is 2. The van der Waals surface area contributed by atoms with Gasteiger partial charge in [-0.2, -0.15) is 8.42 Å². The third kappa shape index (κ3) is 6.30. The highest BCUT2D eigenvalue weighted by Gasteiger charge is 2.40. The zero-order chi connectivity index (χ0) is 20.2. The van der Waals surface area contributed by atoms with Gasteiger partial charge >= 0.3 is 11.3 Å². The van der Waals surface area contributed by atoms with Gasteiger partial charge in [0.15, 0.2) is 6.23 Å². The van der Waals surface area contributed by atoms with Crippen molar-refractivity contribution in [2.24, 2.45) is 0 Å². The van der Waals surface area contributed by atoms with Crippen LogP contribution in [0, 0.1) is 10.1 Å². The third-order valence-electron chi connectivity index (χ3n) is 3.50. The molecule has 0 bridgehead atoms. The Hall–Kier alpha value is -2.51. The fraction of sp³-hybridized carbons (Fsp3) is 0.429. The molecule has 1 aromatic rings. The summed E-state index contributed by atoms with van der Waals surface area (Å²) in [5, 5.41) is 18.9. The number of hydrogen-bond donors (Lipinski definition) is 1. The maximum absolute atomic E-state index is 12.3. The number of hydrogen-bond acceptors (Lipinski definition) is 9. The summed E-state index contributed by atoms with van der Waals surface area (Å²) < 4.78 is 37.4. The molecule has 1 aromatic carbocycles. The van der Waals surface area contributed by atoms with Crippen molar-refractivity contribution in [2.45, 2.75) is 25.4 Å². The van der Waals surface area contributed by atoms with Crippen LogP contribution in [-0.2, 0) is 30.4 Å². The maximum Gasteiger partial charge on any atom is 0.413 e. The number of aliphatic hydroxyl groups excluding tert-OH is 1. The van der Waals surface area contributed by atoms with E-state index < -0.39 is 38.7 Å². The molecule has 0 saturated carbocycles. The largest absolute Gasteiger partial charge is 0.472 e. The first-order valence-corrected chi connectivity index (χ1v) is 9.72. The van der Waals surface area contributed by atoms with Crippen molar-refractivity contribution in [3.63, 3.8) is 0 Å². The Labute approximate surface area is 159 Å². The van der Waals surface area contributed by atoms with E-state index in [9.17, 15) is 23.3 Å². The second-order valence-corrected chi connectivity index (χ2v) is 7.58. The number of carbonyl (C=O) groups excluding carboxylic acids is 1. The molecule has 148 valence electrons. The van der Waals surface area contributed by atoms with Crippen molar-refractivity contribution in [2.75, 3.05) is 12.8 Å². The lowest BCUT2D eigenvalue weighted by Crippen LogP contribution is -2.38. The van der Waals surface area contributed by atoms with Crippen LogP contribution in [-0.4, -0.2) is 59.8 Å². The molecule has 1 saturated heterocycles. The molecule has 11 nitrogen and oxygen atoms in total. The summed E-state index contributed by atoms with van der Waals surface area (Å²) >= 11 is 4.43. The zero-order valence-electron chi connectivity index (χ0n) is 14.0. The quantitative estimate of drug-likeness (QED) is 0.311. The number of nitro groups is 1. The van der Waals surface area contributed by atoms with Gasteiger partial charge in [-0.15, -0.1) is 0 Å². The van der Waals surface area contributed by atoms with E-state index in [1.807, 2.05) is 0 Å². The lowest BCUT2D eigenvalue weighted by atomic mass is 10.2. The normalized spacial score (nSPS) is 19.5. The van der Waals surface area contributed by atoms with Crippen LogP contribution in [0.25, 0.3) is 0 Å². The molecule has 0 aliphatic carbocycles. The lowest BCUT2D eigenvalue weighted by molar-refractivity contribution is -0.384. The molecule has 0 aromatic heterocycles. The Morgan fingerprint density at radius 1 is 1.41 bits per heavy atom. The monoisotopic (exact) mass is 420 g/mol. The van der Waals surface area contributed by atoms with Gasteiger partial charge in [-0.3, -0.25) is 19.2 Å². The van der Waals surface area contributed by atoms with Crippen LogP contribution in [0.4, 0.5) is 10.5 Å². The molecular formula is C14H16N2O9S2. The van der Waals surface area contributed by atoms with E-state index in [-0.39, 0.29) is 25.3 Å². The van der Waals surface area contributed by atoms with Crippen molar-refractivity contribution < 1.29 is 36.9 Å². The second kappa shape index (κ2) is 8.45. The zero-order valence-corrected chi connectivity index (χ0v) is 15.6. The van der Waals surface area contributed by atoms with Gasteiger partial charge in [-0.1, -0.05) is 0 Å². The Kier molecular flexibility index (Phi) is 6.51. The summed E-state index contributed by atoms with van der Waals surface area (Å²) in [4.78, 5) is 23.4. The van der Waals surface area contributed by atoms with E-state index >= 15 is 0 Å². The Morgan fingerprint density at radius 2 is 2.04 bits per heavy atom. The summed E-state index contributed by atoms with van der Waals surface area (Å²) in [5.41, 5.74) is 0.405. The van der Waals surface area contributed by atoms with E-state index in [1.54, 1.807) is 0 Å². The highest BCUT2D eigenvalue weighted by molar-refractivity contribution is 7.86. The Balaban J connectivity index is 2.00. The minimum Gasteiger partial charge on any atom is -0.472 e. The molecule has 1 N–H and O–H groups in total. The molecule has 2 rings (SSSR count). The fourth-order valence-electron chi connectivity index (χ4n) is 2.44. The number of nitro benzene ring substituents is 1. The molecule has 0 unspecified atom stereocenters. The first-order chi connectivity index (χ1) is 12.5.